The third-order valence-corrected chi connectivity index (χ3v) is 8.44. The van der Waals surface area contributed by atoms with Crippen LogP contribution >= 0.6 is 36.2 Å². The quantitative estimate of drug-likeness (QED) is 0.507. The smallest absolute Gasteiger partial charge is 0.325 e. The summed E-state index contributed by atoms with van der Waals surface area (Å²) in [6.45, 7) is 0.0420. The van der Waals surface area contributed by atoms with E-state index in [2.05, 4.69) is 4.98 Å². The van der Waals surface area contributed by atoms with Crippen molar-refractivity contribution in [3.05, 3.63) is 59.2 Å². The molecule has 176 valence electrons. The van der Waals surface area contributed by atoms with Gasteiger partial charge in [-0.1, -0.05) is 12.1 Å². The van der Waals surface area contributed by atoms with Crippen LogP contribution in [-0.2, 0) is 32.4 Å². The van der Waals surface area contributed by atoms with Crippen LogP contribution in [0, 0.1) is 0 Å². The van der Waals surface area contributed by atoms with E-state index in [9.17, 15) is 30.0 Å². The Kier molecular flexibility index (Phi) is 8.91. The van der Waals surface area contributed by atoms with E-state index in [4.69, 9.17) is 5.73 Å². The lowest BCUT2D eigenvalue weighted by molar-refractivity contribution is -0.137. The molecule has 0 atom stereocenters. The first kappa shape index (κ1) is 28.3. The first-order valence-electron chi connectivity index (χ1n) is 8.25. The second-order valence-electron chi connectivity index (χ2n) is 6.32. The van der Waals surface area contributed by atoms with Crippen LogP contribution in [-0.4, -0.2) is 28.1 Å². The molecule has 0 saturated heterocycles. The molecule has 0 bridgehead atoms. The summed E-state index contributed by atoms with van der Waals surface area (Å²) in [4.78, 5) is 3.31. The molecule has 1 heterocycles. The molecule has 0 aliphatic carbocycles. The van der Waals surface area contributed by atoms with Crippen LogP contribution in [0.15, 0.2) is 62.7 Å². The van der Waals surface area contributed by atoms with Crippen LogP contribution < -0.4 is 5.73 Å². The van der Waals surface area contributed by atoms with Crippen molar-refractivity contribution >= 4 is 55.8 Å². The molecule has 32 heavy (non-hydrogen) atoms. The Bertz CT molecular complexity index is 1310. The van der Waals surface area contributed by atoms with Crippen molar-refractivity contribution in [2.45, 2.75) is 26.7 Å². The minimum Gasteiger partial charge on any atom is -0.325 e. The maximum atomic E-state index is 13.0. The molecule has 0 fully saturated rings. The van der Waals surface area contributed by atoms with Gasteiger partial charge < -0.3 is 5.73 Å². The number of rotatable bonds is 5. The molecule has 0 spiro atoms. The van der Waals surface area contributed by atoms with E-state index in [1.807, 2.05) is 0 Å². The van der Waals surface area contributed by atoms with Crippen LogP contribution in [0.3, 0.4) is 0 Å². The van der Waals surface area contributed by atoms with Crippen molar-refractivity contribution in [1.82, 2.24) is 4.98 Å². The monoisotopic (exact) mass is 548 g/mol. The van der Waals surface area contributed by atoms with Crippen LogP contribution in [0.4, 0.5) is 13.2 Å². The summed E-state index contributed by atoms with van der Waals surface area (Å²) >= 11 is 0.856. The Balaban J connectivity index is 0.00000256. The summed E-state index contributed by atoms with van der Waals surface area (Å²) in [7, 11) is -7.92. The molecule has 2 N–H and O–H groups in total. The van der Waals surface area contributed by atoms with Crippen molar-refractivity contribution in [2.24, 2.45) is 5.73 Å². The summed E-state index contributed by atoms with van der Waals surface area (Å²) in [5, 5.41) is 0.385. The molecule has 1 aromatic heterocycles. The molecular formula is C18H17Cl2F3N2O4S3. The predicted octanol–water partition coefficient (Wildman–Crippen LogP) is 4.37. The molecule has 0 radical (unpaired) electrons. The molecule has 0 aliphatic heterocycles. The second kappa shape index (κ2) is 10.1. The fourth-order valence-corrected chi connectivity index (χ4v) is 5.87. The SMILES string of the molecule is CS(=O)(=O)c1cc(-c2ccc(C(F)(F)F)cc2)cc(S(=O)(=O)c2cnc(CN)s2)c1.Cl.Cl. The maximum Gasteiger partial charge on any atom is 0.416 e. The highest BCUT2D eigenvalue weighted by atomic mass is 35.5. The van der Waals surface area contributed by atoms with Crippen LogP contribution in [0.2, 0.25) is 0 Å². The number of alkyl halides is 3. The zero-order valence-electron chi connectivity index (χ0n) is 16.2. The van der Waals surface area contributed by atoms with Gasteiger partial charge in [0.1, 0.15) is 9.22 Å². The van der Waals surface area contributed by atoms with Crippen molar-refractivity contribution in [1.29, 1.82) is 0 Å². The summed E-state index contributed by atoms with van der Waals surface area (Å²) in [5.74, 6) is 0. The fraction of sp³-hybridized carbons (Fsp3) is 0.167. The molecule has 3 rings (SSSR count). The zero-order chi connectivity index (χ0) is 22.3. The van der Waals surface area contributed by atoms with E-state index in [0.717, 1.165) is 54.1 Å². The summed E-state index contributed by atoms with van der Waals surface area (Å²) in [6.07, 6.45) is -2.49. The average Bonchev–Trinajstić information content (AvgIpc) is 3.16. The third-order valence-electron chi connectivity index (χ3n) is 4.14. The third kappa shape index (κ3) is 6.00. The van der Waals surface area contributed by atoms with Gasteiger partial charge in [0.2, 0.25) is 9.84 Å². The van der Waals surface area contributed by atoms with Gasteiger partial charge in [0.15, 0.2) is 9.84 Å². The van der Waals surface area contributed by atoms with Crippen molar-refractivity contribution < 1.29 is 30.0 Å². The van der Waals surface area contributed by atoms with E-state index in [-0.39, 0.29) is 56.5 Å². The molecule has 0 unspecified atom stereocenters. The highest BCUT2D eigenvalue weighted by molar-refractivity contribution is 7.93. The number of benzene rings is 2. The number of hydrogen-bond donors (Lipinski definition) is 1. The van der Waals surface area contributed by atoms with Crippen molar-refractivity contribution in [2.75, 3.05) is 6.26 Å². The largest absolute Gasteiger partial charge is 0.416 e. The second-order valence-corrected chi connectivity index (χ2v) is 11.6. The fourth-order valence-electron chi connectivity index (χ4n) is 2.59. The molecule has 14 heteroatoms. The van der Waals surface area contributed by atoms with Gasteiger partial charge in [-0.2, -0.15) is 13.2 Å². The van der Waals surface area contributed by atoms with Crippen LogP contribution in [0.5, 0.6) is 0 Å². The Hall–Kier alpha value is -1.70. The molecule has 0 amide bonds. The lowest BCUT2D eigenvalue weighted by atomic mass is 10.0. The number of nitrogens with zero attached hydrogens (tertiary/aromatic N) is 1. The Labute approximate surface area is 199 Å². The zero-order valence-corrected chi connectivity index (χ0v) is 20.2. The van der Waals surface area contributed by atoms with Gasteiger partial charge >= 0.3 is 6.18 Å². The normalized spacial score (nSPS) is 12.0. The number of hydrogen-bond acceptors (Lipinski definition) is 7. The van der Waals surface area contributed by atoms with Gasteiger partial charge in [-0.05, 0) is 41.5 Å². The van der Waals surface area contributed by atoms with Crippen molar-refractivity contribution in [3.63, 3.8) is 0 Å². The van der Waals surface area contributed by atoms with Gasteiger partial charge in [-0.3, -0.25) is 0 Å². The van der Waals surface area contributed by atoms with E-state index >= 15 is 0 Å². The maximum absolute atomic E-state index is 13.0. The highest BCUT2D eigenvalue weighted by Crippen LogP contribution is 2.34. The average molecular weight is 549 g/mol. The van der Waals surface area contributed by atoms with Gasteiger partial charge in [0.05, 0.1) is 21.6 Å². The number of thiazole rings is 1. The highest BCUT2D eigenvalue weighted by Gasteiger charge is 2.30. The standard InChI is InChI=1S/C18H15F3N2O4S3.2ClH/c1-29(24,25)14-6-12(11-2-4-13(5-3-11)18(19,20)21)7-15(8-14)30(26,27)17-10-23-16(9-22)28-17;;/h2-8,10H,9,22H2,1H3;2*1H. The van der Waals surface area contributed by atoms with E-state index in [1.54, 1.807) is 0 Å². The van der Waals surface area contributed by atoms with E-state index in [1.165, 1.54) is 12.1 Å². The molecule has 2 aromatic carbocycles. The van der Waals surface area contributed by atoms with E-state index in [0.29, 0.717) is 5.01 Å². The first-order valence-corrected chi connectivity index (χ1v) is 12.4. The molecule has 3 aromatic rings. The lowest BCUT2D eigenvalue weighted by Gasteiger charge is -2.11. The summed E-state index contributed by atoms with van der Waals surface area (Å²) in [5.41, 5.74) is 4.97. The van der Waals surface area contributed by atoms with E-state index < -0.39 is 31.4 Å². The Morgan fingerprint density at radius 2 is 1.50 bits per heavy atom. The Morgan fingerprint density at radius 3 is 1.97 bits per heavy atom. The number of halogens is 5. The summed E-state index contributed by atoms with van der Waals surface area (Å²) in [6, 6.07) is 7.43. The van der Waals surface area contributed by atoms with Crippen molar-refractivity contribution in [3.8, 4) is 11.1 Å². The molecular weight excluding hydrogens is 532 g/mol. The van der Waals surface area contributed by atoms with Gasteiger partial charge in [-0.25, -0.2) is 21.8 Å². The predicted molar refractivity (Wildman–Crippen MR) is 120 cm³/mol. The van der Waals surface area contributed by atoms with Gasteiger partial charge in [0.25, 0.3) is 0 Å². The van der Waals surface area contributed by atoms with Gasteiger partial charge in [0, 0.05) is 12.8 Å². The first-order chi connectivity index (χ1) is 13.8. The molecule has 0 saturated carbocycles. The minimum absolute atomic E-state index is 0. The Morgan fingerprint density at radius 1 is 0.938 bits per heavy atom. The van der Waals surface area contributed by atoms with Crippen LogP contribution in [0.25, 0.3) is 11.1 Å². The number of nitrogens with two attached hydrogens (primary N) is 1. The number of sulfone groups is 2. The molecule has 6 nitrogen and oxygen atoms in total. The lowest BCUT2D eigenvalue weighted by Crippen LogP contribution is -2.05. The number of aromatic nitrogens is 1. The topological polar surface area (TPSA) is 107 Å². The van der Waals surface area contributed by atoms with Crippen LogP contribution in [0.1, 0.15) is 10.6 Å². The minimum atomic E-state index is -4.53. The molecule has 0 aliphatic rings. The van der Waals surface area contributed by atoms with Gasteiger partial charge in [-0.15, -0.1) is 36.2 Å². The summed E-state index contributed by atoms with van der Waals surface area (Å²) < 4.78 is 88.5.